The average molecular weight is 495 g/mol. The van der Waals surface area contributed by atoms with Crippen molar-refractivity contribution in [2.45, 2.75) is 103 Å². The molecule has 188 valence electrons. The number of aliphatic carboxylic acids is 1. The molecule has 9 heteroatoms. The maximum Gasteiger partial charge on any atom is 0.305 e. The summed E-state index contributed by atoms with van der Waals surface area (Å²) in [7, 11) is -1.87. The van der Waals surface area contributed by atoms with Gasteiger partial charge in [-0.1, -0.05) is 70.4 Å². The van der Waals surface area contributed by atoms with Crippen molar-refractivity contribution in [2.24, 2.45) is 0 Å². The molecule has 0 radical (unpaired) electrons. The zero-order valence-electron chi connectivity index (χ0n) is 19.7. The minimum Gasteiger partial charge on any atom is -0.481 e. The number of carbonyl (C=O) groups is 2. The maximum absolute atomic E-state index is 11.7. The second kappa shape index (κ2) is 25.0. The van der Waals surface area contributed by atoms with Gasteiger partial charge in [0.25, 0.3) is 7.58 Å². The Balaban J connectivity index is 3.32. The topological polar surface area (TPSA) is 102 Å². The summed E-state index contributed by atoms with van der Waals surface area (Å²) in [4.78, 5) is 31.5. The van der Waals surface area contributed by atoms with Gasteiger partial charge >= 0.3 is 11.9 Å². The van der Waals surface area contributed by atoms with E-state index >= 15 is 0 Å². The van der Waals surface area contributed by atoms with Crippen LogP contribution in [0.15, 0.2) is 12.2 Å². The van der Waals surface area contributed by atoms with E-state index in [1.54, 1.807) is 0 Å². The molecule has 1 unspecified atom stereocenters. The molecule has 0 saturated carbocycles. The second-order valence-electron chi connectivity index (χ2n) is 7.67. The minimum absolute atomic E-state index is 0.00626. The number of hydrogen-bond acceptors (Lipinski definition) is 7. The van der Waals surface area contributed by atoms with Crippen LogP contribution in [-0.4, -0.2) is 41.8 Å². The molecule has 0 aliphatic carbocycles. The molecule has 0 aromatic carbocycles. The number of rotatable bonds is 24. The van der Waals surface area contributed by atoms with Crippen molar-refractivity contribution in [3.63, 3.8) is 0 Å². The standard InChI is InChI=1S/C23H43O7PS/c1-2-3-4-5-6-7-8-9-10-11-12-13-14-15-16-17-23(26)28-20-21-29-31(27)32-30-19-18-22(24)25/h9-10,27H,2-8,11-21H2,1H3,(H,24,25)/b10-9-. The third-order valence-corrected chi connectivity index (χ3v) is 6.52. The Morgan fingerprint density at radius 1 is 0.812 bits per heavy atom. The quantitative estimate of drug-likeness (QED) is 0.0489. The van der Waals surface area contributed by atoms with Crippen molar-refractivity contribution in [2.75, 3.05) is 19.8 Å². The number of carboxylic acids is 1. The fraction of sp³-hybridized carbons (Fsp3) is 0.826. The Bertz CT molecular complexity index is 477. The normalized spacial score (nSPS) is 12.3. The Morgan fingerprint density at radius 3 is 2.03 bits per heavy atom. The Labute approximate surface area is 199 Å². The van der Waals surface area contributed by atoms with Crippen molar-refractivity contribution >= 4 is 31.2 Å². The zero-order valence-corrected chi connectivity index (χ0v) is 21.4. The van der Waals surface area contributed by atoms with E-state index < -0.39 is 13.5 Å². The SMILES string of the molecule is CCCCCCCC/C=C\CCCCCCCC(=O)OCCOP(O)SOCCC(=O)O. The van der Waals surface area contributed by atoms with Gasteiger partial charge in [-0.05, 0) is 32.1 Å². The molecule has 0 heterocycles. The van der Waals surface area contributed by atoms with Crippen LogP contribution in [0, 0.1) is 0 Å². The second-order valence-corrected chi connectivity index (χ2v) is 10.2. The predicted molar refractivity (Wildman–Crippen MR) is 131 cm³/mol. The van der Waals surface area contributed by atoms with E-state index in [1.165, 1.54) is 57.8 Å². The van der Waals surface area contributed by atoms with Crippen LogP contribution >= 0.6 is 19.2 Å². The number of ether oxygens (including phenoxy) is 1. The highest BCUT2D eigenvalue weighted by Gasteiger charge is 2.09. The van der Waals surface area contributed by atoms with Crippen LogP contribution in [-0.2, 0) is 23.0 Å². The highest BCUT2D eigenvalue weighted by Crippen LogP contribution is 2.46. The molecule has 0 rings (SSSR count). The third kappa shape index (κ3) is 25.6. The lowest BCUT2D eigenvalue weighted by atomic mass is 10.1. The lowest BCUT2D eigenvalue weighted by molar-refractivity contribution is -0.144. The van der Waals surface area contributed by atoms with E-state index in [0.29, 0.717) is 18.1 Å². The summed E-state index contributed by atoms with van der Waals surface area (Å²) in [5.74, 6) is -1.22. The summed E-state index contributed by atoms with van der Waals surface area (Å²) in [6.45, 7) is 2.40. The van der Waals surface area contributed by atoms with Gasteiger partial charge in [0.15, 0.2) is 0 Å². The van der Waals surface area contributed by atoms with Gasteiger partial charge in [-0.15, -0.1) is 0 Å². The molecular formula is C23H43O7PS. The largest absolute Gasteiger partial charge is 0.481 e. The van der Waals surface area contributed by atoms with E-state index in [2.05, 4.69) is 19.1 Å². The molecule has 0 aromatic rings. The van der Waals surface area contributed by atoms with Crippen LogP contribution < -0.4 is 0 Å². The molecule has 0 spiro atoms. The van der Waals surface area contributed by atoms with Gasteiger partial charge in [0, 0.05) is 6.42 Å². The molecule has 0 aliphatic rings. The summed E-state index contributed by atoms with van der Waals surface area (Å²) in [6, 6.07) is 0. The highest BCUT2D eigenvalue weighted by atomic mass is 32.7. The van der Waals surface area contributed by atoms with Crippen molar-refractivity contribution < 1.29 is 33.0 Å². The van der Waals surface area contributed by atoms with Gasteiger partial charge in [-0.25, -0.2) is 0 Å². The predicted octanol–water partition coefficient (Wildman–Crippen LogP) is 6.94. The van der Waals surface area contributed by atoms with Crippen molar-refractivity contribution in [1.29, 1.82) is 0 Å². The van der Waals surface area contributed by atoms with Crippen LogP contribution in [0.4, 0.5) is 0 Å². The van der Waals surface area contributed by atoms with Gasteiger partial charge in [-0.3, -0.25) is 9.59 Å². The number of allylic oxidation sites excluding steroid dienone is 2. The lowest BCUT2D eigenvalue weighted by Crippen LogP contribution is -2.09. The molecule has 0 fully saturated rings. The Morgan fingerprint density at radius 2 is 1.41 bits per heavy atom. The monoisotopic (exact) mass is 494 g/mol. The number of carbonyl (C=O) groups excluding carboxylic acids is 1. The van der Waals surface area contributed by atoms with E-state index in [0.717, 1.165) is 25.7 Å². The lowest BCUT2D eigenvalue weighted by Gasteiger charge is -2.09. The van der Waals surface area contributed by atoms with Crippen LogP contribution in [0.1, 0.15) is 103 Å². The van der Waals surface area contributed by atoms with Gasteiger partial charge in [0.1, 0.15) is 6.61 Å². The Hall–Kier alpha value is -0.660. The van der Waals surface area contributed by atoms with Crippen molar-refractivity contribution in [3.8, 4) is 0 Å². The van der Waals surface area contributed by atoms with Gasteiger partial charge in [0.2, 0.25) is 0 Å². The summed E-state index contributed by atoms with van der Waals surface area (Å²) < 4.78 is 15.0. The highest BCUT2D eigenvalue weighted by molar-refractivity contribution is 8.50. The number of unbranched alkanes of at least 4 members (excludes halogenated alkanes) is 11. The third-order valence-electron chi connectivity index (χ3n) is 4.71. The van der Waals surface area contributed by atoms with Crippen LogP contribution in [0.5, 0.6) is 0 Å². The molecule has 0 bridgehead atoms. The minimum atomic E-state index is -1.87. The van der Waals surface area contributed by atoms with E-state index in [9.17, 15) is 14.5 Å². The number of hydrogen-bond donors (Lipinski definition) is 2. The molecule has 32 heavy (non-hydrogen) atoms. The summed E-state index contributed by atoms with van der Waals surface area (Å²) in [5.41, 5.74) is 0. The van der Waals surface area contributed by atoms with E-state index in [-0.39, 0.29) is 32.2 Å². The van der Waals surface area contributed by atoms with Crippen molar-refractivity contribution in [3.05, 3.63) is 12.2 Å². The van der Waals surface area contributed by atoms with E-state index in [1.807, 2.05) is 0 Å². The molecule has 1 atom stereocenters. The number of esters is 1. The van der Waals surface area contributed by atoms with E-state index in [4.69, 9.17) is 18.6 Å². The smallest absolute Gasteiger partial charge is 0.305 e. The first kappa shape index (κ1) is 31.3. The summed E-state index contributed by atoms with van der Waals surface area (Å²) in [5, 5.41) is 8.46. The van der Waals surface area contributed by atoms with Gasteiger partial charge in [-0.2, -0.15) is 0 Å². The van der Waals surface area contributed by atoms with Gasteiger partial charge < -0.3 is 23.4 Å². The molecular weight excluding hydrogens is 451 g/mol. The fourth-order valence-electron chi connectivity index (χ4n) is 2.92. The first-order valence-electron chi connectivity index (χ1n) is 12.0. The first-order chi connectivity index (χ1) is 15.6. The number of carboxylic acid groups (broad SMARTS) is 1. The fourth-order valence-corrected chi connectivity index (χ4v) is 4.28. The molecule has 0 aliphatic heterocycles. The molecule has 0 aromatic heterocycles. The molecule has 7 nitrogen and oxygen atoms in total. The zero-order chi connectivity index (χ0) is 23.7. The van der Waals surface area contributed by atoms with Crippen LogP contribution in [0.2, 0.25) is 0 Å². The van der Waals surface area contributed by atoms with Crippen LogP contribution in [0.3, 0.4) is 0 Å². The van der Waals surface area contributed by atoms with Crippen LogP contribution in [0.25, 0.3) is 0 Å². The molecule has 0 saturated heterocycles. The Kier molecular flexibility index (Phi) is 24.5. The summed E-state index contributed by atoms with van der Waals surface area (Å²) >= 11 is 0.700. The van der Waals surface area contributed by atoms with Crippen molar-refractivity contribution in [1.82, 2.24) is 0 Å². The first-order valence-corrected chi connectivity index (χ1v) is 14.6. The van der Waals surface area contributed by atoms with Gasteiger partial charge in [0.05, 0.1) is 31.3 Å². The molecule has 0 amide bonds. The summed E-state index contributed by atoms with van der Waals surface area (Å²) in [6.07, 6.45) is 20.7. The average Bonchev–Trinajstić information content (AvgIpc) is 2.77. The molecule has 2 N–H and O–H groups in total. The maximum atomic E-state index is 11.7.